The van der Waals surface area contributed by atoms with Crippen molar-refractivity contribution in [3.05, 3.63) is 131 Å². The molecule has 4 N–H and O–H groups in total. The zero-order valence-electron chi connectivity index (χ0n) is 38.7. The molecule has 4 saturated heterocycles. The van der Waals surface area contributed by atoms with Crippen molar-refractivity contribution in [1.29, 1.82) is 0 Å². The van der Waals surface area contributed by atoms with E-state index in [9.17, 15) is 29.1 Å². The van der Waals surface area contributed by atoms with Gasteiger partial charge in [0.05, 0.1) is 19.3 Å². The Morgan fingerprint density at radius 1 is 0.643 bits per heavy atom. The summed E-state index contributed by atoms with van der Waals surface area (Å²) in [4.78, 5) is 65.3. The summed E-state index contributed by atoms with van der Waals surface area (Å²) in [6.45, 7) is 4.99. The Hall–Kier alpha value is -6.29. The molecule has 4 aromatic rings. The molecule has 4 fully saturated rings. The van der Waals surface area contributed by atoms with Crippen LogP contribution in [0.2, 0.25) is 0 Å². The lowest BCUT2D eigenvalue weighted by atomic mass is 9.93. The van der Waals surface area contributed by atoms with Crippen LogP contribution in [0.1, 0.15) is 68.4 Å². The normalized spacial score (nSPS) is 29.9. The standard InChI is InChI=1S/C51H55N3O16/c1-26(39(46(58)59)54-51(60)63-23-36-34-21-13-11-19-32(34)33-20-12-14-22-35(33)36)64-49-41(53-28(3)56)45(43-38(66-49)25-62-48(69-43)31-17-9-6-10-18-31)70-50-40(52-27(2)55)44(65-29(4)57)42-37(67-50)24-61-47(68-42)30-15-7-5-8-16-30/h5-22,26,36-45,47-50H,23-25H2,1-4H3,(H,52,55)(H,53,56)(H,54,60)(H,58,59)/t26-,37-,38-,39+,40-,41-,42+,43+,44-,45-,47+,48+,49+,50-/m1/s1. The molecule has 0 radical (unpaired) electrons. The fourth-order valence-corrected chi connectivity index (χ4v) is 9.80. The summed E-state index contributed by atoms with van der Waals surface area (Å²) in [6.07, 6.45) is -13.4. The highest BCUT2D eigenvalue weighted by molar-refractivity contribution is 5.81. The molecule has 0 unspecified atom stereocenters. The van der Waals surface area contributed by atoms with Gasteiger partial charge in [-0.05, 0) is 29.2 Å². The fourth-order valence-electron chi connectivity index (χ4n) is 9.80. The number of benzene rings is 4. The lowest BCUT2D eigenvalue weighted by molar-refractivity contribution is -0.385. The highest BCUT2D eigenvalue weighted by atomic mass is 16.8. The van der Waals surface area contributed by atoms with Gasteiger partial charge < -0.3 is 68.4 Å². The number of aliphatic carboxylic acids is 1. The summed E-state index contributed by atoms with van der Waals surface area (Å²) in [7, 11) is 0. The third-order valence-electron chi connectivity index (χ3n) is 12.9. The number of rotatable bonds is 14. The molecule has 70 heavy (non-hydrogen) atoms. The number of carboxylic acid groups (broad SMARTS) is 1. The predicted octanol–water partition coefficient (Wildman–Crippen LogP) is 4.39. The van der Waals surface area contributed by atoms with Crippen molar-refractivity contribution in [1.82, 2.24) is 16.0 Å². The van der Waals surface area contributed by atoms with Crippen molar-refractivity contribution in [3.63, 3.8) is 0 Å². The van der Waals surface area contributed by atoms with Crippen molar-refractivity contribution in [2.45, 2.75) is 120 Å². The van der Waals surface area contributed by atoms with E-state index in [1.807, 2.05) is 109 Å². The number of nitrogens with one attached hydrogen (secondary N) is 3. The summed E-state index contributed by atoms with van der Waals surface area (Å²) >= 11 is 0. The SMILES string of the molecule is CC(=O)N[C@H]1[C@@H](O[C@@H]2[C@@H](NC(C)=O)[C@@H](O[C@H](C)[C@H](NC(=O)OCC3c4ccccc4-c4ccccc43)C(=O)O)O[C@@H]3CO[C@H](c4ccccc4)O[C@H]23)O[C@@H]2CO[C@H](c3ccccc3)O[C@@H]2[C@@H]1OC(C)=O. The highest BCUT2D eigenvalue weighted by Gasteiger charge is 2.58. The number of amides is 3. The van der Waals surface area contributed by atoms with Gasteiger partial charge in [-0.3, -0.25) is 14.4 Å². The number of hydrogen-bond acceptors (Lipinski definition) is 15. The van der Waals surface area contributed by atoms with Crippen LogP contribution in [0.4, 0.5) is 4.79 Å². The molecule has 4 aliphatic heterocycles. The second-order valence-corrected chi connectivity index (χ2v) is 17.7. The summed E-state index contributed by atoms with van der Waals surface area (Å²) in [5.41, 5.74) is 5.36. The fraction of sp³-hybridized carbons (Fsp3) is 0.431. The Balaban J connectivity index is 0.983. The second kappa shape index (κ2) is 21.4. The quantitative estimate of drug-likeness (QED) is 0.128. The van der Waals surface area contributed by atoms with Crippen LogP contribution in [-0.2, 0) is 66.5 Å². The predicted molar refractivity (Wildman–Crippen MR) is 243 cm³/mol. The van der Waals surface area contributed by atoms with E-state index in [0.717, 1.165) is 22.3 Å². The first-order valence-electron chi connectivity index (χ1n) is 23.1. The van der Waals surface area contributed by atoms with E-state index in [0.29, 0.717) is 11.1 Å². The van der Waals surface area contributed by atoms with Gasteiger partial charge in [-0.15, -0.1) is 0 Å². The number of carbonyl (C=O) groups is 5. The summed E-state index contributed by atoms with van der Waals surface area (Å²) in [5.74, 6) is -3.47. The van der Waals surface area contributed by atoms with Crippen LogP contribution < -0.4 is 16.0 Å². The molecule has 370 valence electrons. The van der Waals surface area contributed by atoms with Crippen LogP contribution in [0.3, 0.4) is 0 Å². The van der Waals surface area contributed by atoms with Crippen molar-refractivity contribution >= 4 is 29.8 Å². The molecule has 0 spiro atoms. The van der Waals surface area contributed by atoms with Crippen LogP contribution in [0.5, 0.6) is 0 Å². The van der Waals surface area contributed by atoms with E-state index in [1.54, 1.807) is 0 Å². The molecule has 4 heterocycles. The number of esters is 1. The van der Waals surface area contributed by atoms with Crippen molar-refractivity contribution in [2.75, 3.05) is 19.8 Å². The maximum absolute atomic E-state index is 13.5. The monoisotopic (exact) mass is 965 g/mol. The number of carbonyl (C=O) groups excluding carboxylic acids is 4. The van der Waals surface area contributed by atoms with E-state index < -0.39 is 116 Å². The topological polar surface area (TPSA) is 234 Å². The third kappa shape index (κ3) is 10.6. The van der Waals surface area contributed by atoms with Crippen molar-refractivity contribution in [3.8, 4) is 11.1 Å². The zero-order valence-corrected chi connectivity index (χ0v) is 38.7. The molecular weight excluding hydrogens is 911 g/mol. The number of hydrogen-bond donors (Lipinski definition) is 4. The van der Waals surface area contributed by atoms with Gasteiger partial charge >= 0.3 is 18.0 Å². The Bertz CT molecular complexity index is 2470. The molecule has 1 aliphatic carbocycles. The third-order valence-corrected chi connectivity index (χ3v) is 12.9. The average molecular weight is 966 g/mol. The largest absolute Gasteiger partial charge is 0.480 e. The minimum atomic E-state index is -1.69. The molecule has 3 amide bonds. The van der Waals surface area contributed by atoms with Crippen LogP contribution in [-0.4, -0.2) is 128 Å². The smallest absolute Gasteiger partial charge is 0.407 e. The van der Waals surface area contributed by atoms with Gasteiger partial charge in [-0.25, -0.2) is 9.59 Å². The van der Waals surface area contributed by atoms with Gasteiger partial charge in [0.2, 0.25) is 11.8 Å². The molecule has 19 nitrogen and oxygen atoms in total. The lowest BCUT2D eigenvalue weighted by Gasteiger charge is -2.53. The first-order chi connectivity index (χ1) is 33.8. The van der Waals surface area contributed by atoms with Gasteiger partial charge in [0.25, 0.3) is 0 Å². The molecule has 4 aromatic carbocycles. The summed E-state index contributed by atoms with van der Waals surface area (Å²) in [5, 5.41) is 18.6. The minimum absolute atomic E-state index is 0.0411. The Labute approximate surface area is 403 Å². The number of alkyl carbamates (subject to hydrolysis) is 1. The molecule has 0 aromatic heterocycles. The van der Waals surface area contributed by atoms with Crippen LogP contribution in [0.25, 0.3) is 11.1 Å². The van der Waals surface area contributed by atoms with Crippen LogP contribution in [0, 0.1) is 0 Å². The number of ether oxygens (including phenoxy) is 10. The molecule has 0 saturated carbocycles. The van der Waals surface area contributed by atoms with Crippen LogP contribution in [0.15, 0.2) is 109 Å². The van der Waals surface area contributed by atoms with E-state index in [4.69, 9.17) is 47.4 Å². The Kier molecular flexibility index (Phi) is 14.9. The van der Waals surface area contributed by atoms with E-state index in [2.05, 4.69) is 16.0 Å². The maximum Gasteiger partial charge on any atom is 0.407 e. The first-order valence-corrected chi connectivity index (χ1v) is 23.1. The summed E-state index contributed by atoms with van der Waals surface area (Å²) in [6, 6.07) is 29.7. The molecule has 0 bridgehead atoms. The van der Waals surface area contributed by atoms with Crippen molar-refractivity contribution in [2.24, 2.45) is 0 Å². The molecule has 5 aliphatic rings. The molecular formula is C51H55N3O16. The van der Waals surface area contributed by atoms with Crippen LogP contribution >= 0.6 is 0 Å². The molecule has 19 heteroatoms. The van der Waals surface area contributed by atoms with Gasteiger partial charge in [0, 0.05) is 37.8 Å². The van der Waals surface area contributed by atoms with E-state index >= 15 is 0 Å². The average Bonchev–Trinajstić information content (AvgIpc) is 3.67. The van der Waals surface area contributed by atoms with Crippen molar-refractivity contribution < 1.29 is 76.4 Å². The zero-order chi connectivity index (χ0) is 49.1. The summed E-state index contributed by atoms with van der Waals surface area (Å²) < 4.78 is 63.2. The molecule has 14 atom stereocenters. The minimum Gasteiger partial charge on any atom is -0.480 e. The van der Waals surface area contributed by atoms with E-state index in [1.165, 1.54) is 27.7 Å². The Morgan fingerprint density at radius 3 is 1.64 bits per heavy atom. The van der Waals surface area contributed by atoms with E-state index in [-0.39, 0.29) is 25.7 Å². The highest BCUT2D eigenvalue weighted by Crippen LogP contribution is 2.45. The number of fused-ring (bicyclic) bond motifs is 5. The second-order valence-electron chi connectivity index (χ2n) is 17.7. The number of carboxylic acids is 1. The lowest BCUT2D eigenvalue weighted by Crippen LogP contribution is -2.72. The van der Waals surface area contributed by atoms with Gasteiger partial charge in [-0.2, -0.15) is 0 Å². The van der Waals surface area contributed by atoms with Gasteiger partial charge in [0.15, 0.2) is 37.3 Å². The molecule has 9 rings (SSSR count). The van der Waals surface area contributed by atoms with Gasteiger partial charge in [0.1, 0.15) is 49.2 Å². The Morgan fingerprint density at radius 2 is 1.13 bits per heavy atom. The first kappa shape index (κ1) is 48.7. The van der Waals surface area contributed by atoms with Gasteiger partial charge in [-0.1, -0.05) is 109 Å². The maximum atomic E-state index is 13.5.